The van der Waals surface area contributed by atoms with Crippen LogP contribution in [0.2, 0.25) is 0 Å². The zero-order valence-corrected chi connectivity index (χ0v) is 7.36. The van der Waals surface area contributed by atoms with Crippen molar-refractivity contribution >= 4 is 18.8 Å². The molecular weight excluding hydrogens is 160 g/mol. The lowest BCUT2D eigenvalue weighted by Gasteiger charge is -2.22. The Hall–Kier alpha value is -0.380. The van der Waals surface area contributed by atoms with Crippen LogP contribution in [0.15, 0.2) is 0 Å². The number of amides is 2. The lowest BCUT2D eigenvalue weighted by Crippen LogP contribution is -2.39. The SMILES string of the molecule is O=C(NS)NC1CCCCC1. The first-order valence-corrected chi connectivity index (χ1v) is 4.48. The molecule has 0 aromatic carbocycles. The molecule has 0 spiro atoms. The van der Waals surface area contributed by atoms with Crippen molar-refractivity contribution in [2.24, 2.45) is 0 Å². The van der Waals surface area contributed by atoms with Gasteiger partial charge in [-0.3, -0.25) is 4.72 Å². The van der Waals surface area contributed by atoms with Crippen molar-refractivity contribution in [3.63, 3.8) is 0 Å². The Morgan fingerprint density at radius 2 is 1.91 bits per heavy atom. The minimum absolute atomic E-state index is 0.180. The first-order valence-electron chi connectivity index (χ1n) is 4.03. The molecule has 0 radical (unpaired) electrons. The van der Waals surface area contributed by atoms with Gasteiger partial charge in [-0.05, 0) is 12.8 Å². The number of nitrogens with one attached hydrogen (secondary N) is 2. The fourth-order valence-corrected chi connectivity index (χ4v) is 1.53. The predicted molar refractivity (Wildman–Crippen MR) is 47.5 cm³/mol. The number of thiol groups is 1. The van der Waals surface area contributed by atoms with E-state index in [1.165, 1.54) is 19.3 Å². The molecule has 1 saturated carbocycles. The summed E-state index contributed by atoms with van der Waals surface area (Å²) in [5.41, 5.74) is 0. The van der Waals surface area contributed by atoms with Gasteiger partial charge >= 0.3 is 6.03 Å². The van der Waals surface area contributed by atoms with Gasteiger partial charge in [0.1, 0.15) is 0 Å². The maximum absolute atomic E-state index is 10.8. The highest BCUT2D eigenvalue weighted by molar-refractivity contribution is 7.78. The van der Waals surface area contributed by atoms with Crippen LogP contribution in [0.25, 0.3) is 0 Å². The monoisotopic (exact) mass is 174 g/mol. The smallest absolute Gasteiger partial charge is 0.324 e. The van der Waals surface area contributed by atoms with Gasteiger partial charge in [-0.1, -0.05) is 32.1 Å². The molecule has 64 valence electrons. The first-order chi connectivity index (χ1) is 5.33. The van der Waals surface area contributed by atoms with Crippen molar-refractivity contribution in [1.29, 1.82) is 0 Å². The van der Waals surface area contributed by atoms with Crippen LogP contribution in [0.5, 0.6) is 0 Å². The van der Waals surface area contributed by atoms with Gasteiger partial charge in [-0.25, -0.2) is 4.79 Å². The van der Waals surface area contributed by atoms with Crippen LogP contribution in [0.1, 0.15) is 32.1 Å². The van der Waals surface area contributed by atoms with Crippen molar-refractivity contribution in [2.75, 3.05) is 0 Å². The molecule has 2 amide bonds. The third kappa shape index (κ3) is 3.01. The van der Waals surface area contributed by atoms with E-state index >= 15 is 0 Å². The van der Waals surface area contributed by atoms with Crippen LogP contribution >= 0.6 is 12.8 Å². The minimum Gasteiger partial charge on any atom is -0.335 e. The summed E-state index contributed by atoms with van der Waals surface area (Å²) < 4.78 is 2.26. The van der Waals surface area contributed by atoms with E-state index < -0.39 is 0 Å². The highest BCUT2D eigenvalue weighted by Gasteiger charge is 2.14. The molecule has 11 heavy (non-hydrogen) atoms. The molecule has 1 rings (SSSR count). The fourth-order valence-electron chi connectivity index (χ4n) is 1.46. The van der Waals surface area contributed by atoms with Gasteiger partial charge in [0, 0.05) is 6.04 Å². The molecule has 0 atom stereocenters. The largest absolute Gasteiger partial charge is 0.335 e. The number of urea groups is 1. The Balaban J connectivity index is 2.19. The van der Waals surface area contributed by atoms with Gasteiger partial charge < -0.3 is 5.32 Å². The van der Waals surface area contributed by atoms with Crippen LogP contribution < -0.4 is 10.0 Å². The van der Waals surface area contributed by atoms with Gasteiger partial charge in [-0.15, -0.1) is 0 Å². The molecule has 0 saturated heterocycles. The van der Waals surface area contributed by atoms with Crippen LogP contribution in [-0.4, -0.2) is 12.1 Å². The average Bonchev–Trinajstić information content (AvgIpc) is 2.06. The van der Waals surface area contributed by atoms with Crippen molar-refractivity contribution in [3.8, 4) is 0 Å². The molecule has 0 aromatic heterocycles. The number of carbonyl (C=O) groups is 1. The summed E-state index contributed by atoms with van der Waals surface area (Å²) in [6.07, 6.45) is 6.00. The summed E-state index contributed by atoms with van der Waals surface area (Å²) in [7, 11) is 0. The number of hydrogen-bond acceptors (Lipinski definition) is 2. The Labute approximate surface area is 72.5 Å². The number of carbonyl (C=O) groups excluding carboxylic acids is 1. The molecule has 1 fully saturated rings. The molecule has 0 aliphatic heterocycles. The van der Waals surface area contributed by atoms with Crippen molar-refractivity contribution < 1.29 is 4.79 Å². The standard InChI is InChI=1S/C7H14N2OS/c10-7(9-11)8-6-4-2-1-3-5-6/h6,11H,1-5H2,(H2,8,9,10). The molecule has 1 aliphatic carbocycles. The van der Waals surface area contributed by atoms with Gasteiger partial charge in [0.05, 0.1) is 0 Å². The first kappa shape index (κ1) is 8.71. The maximum Gasteiger partial charge on any atom is 0.324 e. The zero-order valence-electron chi connectivity index (χ0n) is 6.47. The highest BCUT2D eigenvalue weighted by Crippen LogP contribution is 2.16. The summed E-state index contributed by atoms with van der Waals surface area (Å²) >= 11 is 3.65. The van der Waals surface area contributed by atoms with E-state index in [2.05, 4.69) is 22.9 Å². The van der Waals surface area contributed by atoms with E-state index in [0.29, 0.717) is 6.04 Å². The Bertz CT molecular complexity index is 134. The normalized spacial score (nSPS) is 19.4. The number of hydrogen-bond donors (Lipinski definition) is 3. The summed E-state index contributed by atoms with van der Waals surface area (Å²) in [5, 5.41) is 2.84. The molecule has 0 heterocycles. The van der Waals surface area contributed by atoms with Crippen molar-refractivity contribution in [3.05, 3.63) is 0 Å². The van der Waals surface area contributed by atoms with E-state index in [4.69, 9.17) is 0 Å². The van der Waals surface area contributed by atoms with Crippen molar-refractivity contribution in [1.82, 2.24) is 10.0 Å². The molecule has 1 aliphatic rings. The van der Waals surface area contributed by atoms with E-state index in [1.54, 1.807) is 0 Å². The highest BCUT2D eigenvalue weighted by atomic mass is 32.1. The molecule has 0 bridgehead atoms. The number of rotatable bonds is 1. The van der Waals surface area contributed by atoms with E-state index in [0.717, 1.165) is 12.8 Å². The Kier molecular flexibility index (Phi) is 3.56. The minimum atomic E-state index is -0.180. The topological polar surface area (TPSA) is 41.1 Å². The van der Waals surface area contributed by atoms with Gasteiger partial charge in [0.15, 0.2) is 0 Å². The fraction of sp³-hybridized carbons (Fsp3) is 0.857. The predicted octanol–water partition coefficient (Wildman–Crippen LogP) is 1.46. The summed E-state index contributed by atoms with van der Waals surface area (Å²) in [5.74, 6) is 0. The van der Waals surface area contributed by atoms with E-state index in [1.807, 2.05) is 0 Å². The average molecular weight is 174 g/mol. The quantitative estimate of drug-likeness (QED) is 0.518. The van der Waals surface area contributed by atoms with Crippen LogP contribution in [0, 0.1) is 0 Å². The van der Waals surface area contributed by atoms with E-state index in [-0.39, 0.29) is 6.03 Å². The Morgan fingerprint density at radius 1 is 1.27 bits per heavy atom. The Morgan fingerprint density at radius 3 is 2.45 bits per heavy atom. The van der Waals surface area contributed by atoms with Gasteiger partial charge in [0.25, 0.3) is 0 Å². The molecule has 0 unspecified atom stereocenters. The molecule has 0 aromatic rings. The lowest BCUT2D eigenvalue weighted by atomic mass is 9.96. The van der Waals surface area contributed by atoms with Crippen molar-refractivity contribution in [2.45, 2.75) is 38.1 Å². The van der Waals surface area contributed by atoms with Gasteiger partial charge in [-0.2, -0.15) is 0 Å². The lowest BCUT2D eigenvalue weighted by molar-refractivity contribution is 0.238. The second-order valence-electron chi connectivity index (χ2n) is 2.92. The summed E-state index contributed by atoms with van der Waals surface area (Å²) in [6, 6.07) is 0.191. The van der Waals surface area contributed by atoms with Crippen LogP contribution in [0.3, 0.4) is 0 Å². The third-order valence-corrected chi connectivity index (χ3v) is 2.25. The van der Waals surface area contributed by atoms with Crippen LogP contribution in [-0.2, 0) is 0 Å². The third-order valence-electron chi connectivity index (χ3n) is 2.04. The molecule has 4 heteroatoms. The second-order valence-corrected chi connectivity index (χ2v) is 3.14. The second kappa shape index (κ2) is 4.49. The summed E-state index contributed by atoms with van der Waals surface area (Å²) in [6.45, 7) is 0. The van der Waals surface area contributed by atoms with Gasteiger partial charge in [0.2, 0.25) is 0 Å². The zero-order chi connectivity index (χ0) is 8.10. The molecular formula is C7H14N2OS. The summed E-state index contributed by atoms with van der Waals surface area (Å²) in [4.78, 5) is 10.8. The van der Waals surface area contributed by atoms with E-state index in [9.17, 15) is 4.79 Å². The molecule has 2 N–H and O–H groups in total. The maximum atomic E-state index is 10.8. The van der Waals surface area contributed by atoms with Crippen LogP contribution in [0.4, 0.5) is 4.79 Å². The molecule has 3 nitrogen and oxygen atoms in total.